The minimum Gasteiger partial charge on any atom is -0.372 e. The van der Waals surface area contributed by atoms with Gasteiger partial charge in [0.2, 0.25) is 17.6 Å². The molecule has 2 aliphatic heterocycles. The molecule has 1 amide bonds. The highest BCUT2D eigenvalue weighted by Gasteiger charge is 2.28. The highest BCUT2D eigenvalue weighted by atomic mass is 35.5. The highest BCUT2D eigenvalue weighted by molar-refractivity contribution is 6.30. The maximum absolute atomic E-state index is 13.1. The summed E-state index contributed by atoms with van der Waals surface area (Å²) in [5.74, 6) is 1.98. The fraction of sp³-hybridized carbons (Fsp3) is 0.483. The molecule has 3 heterocycles. The van der Waals surface area contributed by atoms with Crippen molar-refractivity contribution in [3.63, 3.8) is 0 Å². The Hall–Kier alpha value is -2.90. The lowest BCUT2D eigenvalue weighted by Crippen LogP contribution is -2.43. The minimum atomic E-state index is -0.0514. The number of hydrogen-bond acceptors (Lipinski definition) is 6. The second kappa shape index (κ2) is 11.7. The Bertz CT molecular complexity index is 1170. The molecule has 0 aliphatic carbocycles. The average Bonchev–Trinajstić information content (AvgIpc) is 3.38. The molecular formula is C29H36ClN5O2. The Morgan fingerprint density at radius 3 is 2.54 bits per heavy atom. The molecule has 2 atom stereocenters. The van der Waals surface area contributed by atoms with Crippen LogP contribution >= 0.6 is 11.6 Å². The molecule has 0 spiro atoms. The maximum Gasteiger partial charge on any atom is 0.241 e. The van der Waals surface area contributed by atoms with Crippen LogP contribution in [0.15, 0.2) is 53.1 Å². The number of anilines is 1. The van der Waals surface area contributed by atoms with Crippen LogP contribution in [0.3, 0.4) is 0 Å². The number of nitrogens with zero attached hydrogens (tertiary/aromatic N) is 4. The molecule has 2 saturated heterocycles. The van der Waals surface area contributed by atoms with Crippen LogP contribution in [0.1, 0.15) is 57.0 Å². The van der Waals surface area contributed by atoms with Gasteiger partial charge in [-0.05, 0) is 87.0 Å². The molecule has 196 valence electrons. The van der Waals surface area contributed by atoms with Crippen LogP contribution in [0.25, 0.3) is 11.4 Å². The van der Waals surface area contributed by atoms with E-state index in [9.17, 15) is 4.79 Å². The predicted molar refractivity (Wildman–Crippen MR) is 146 cm³/mol. The van der Waals surface area contributed by atoms with Gasteiger partial charge >= 0.3 is 0 Å². The maximum atomic E-state index is 13.1. The number of carbonyl (C=O) groups excluding carboxylic acids is 1. The predicted octanol–water partition coefficient (Wildman–Crippen LogP) is 5.72. The van der Waals surface area contributed by atoms with Gasteiger partial charge in [0.15, 0.2) is 0 Å². The smallest absolute Gasteiger partial charge is 0.241 e. The van der Waals surface area contributed by atoms with Gasteiger partial charge in [-0.3, -0.25) is 9.69 Å². The molecule has 37 heavy (non-hydrogen) atoms. The molecule has 5 rings (SSSR count). The van der Waals surface area contributed by atoms with E-state index in [4.69, 9.17) is 16.1 Å². The number of halogens is 1. The number of carbonyl (C=O) groups is 1. The quantitative estimate of drug-likeness (QED) is 0.429. The van der Waals surface area contributed by atoms with Crippen molar-refractivity contribution in [2.75, 3.05) is 31.1 Å². The Kier molecular flexibility index (Phi) is 8.11. The van der Waals surface area contributed by atoms with E-state index < -0.39 is 0 Å². The molecule has 3 aromatic rings. The normalized spacial score (nSPS) is 20.1. The second-order valence-corrected chi connectivity index (χ2v) is 11.0. The van der Waals surface area contributed by atoms with Gasteiger partial charge in [-0.1, -0.05) is 35.8 Å². The van der Waals surface area contributed by atoms with Crippen LogP contribution in [-0.4, -0.2) is 47.1 Å². The Morgan fingerprint density at radius 1 is 1.08 bits per heavy atom. The number of benzene rings is 2. The summed E-state index contributed by atoms with van der Waals surface area (Å²) >= 11 is 5.97. The molecule has 0 saturated carbocycles. The van der Waals surface area contributed by atoms with Crippen LogP contribution in [0, 0.1) is 11.8 Å². The Labute approximate surface area is 224 Å². The van der Waals surface area contributed by atoms with Crippen molar-refractivity contribution in [3.05, 3.63) is 65.0 Å². The molecule has 2 fully saturated rings. The SMILES string of the molecule is CC1CCN(c2ccc(C(C)NC(=O)C3CCCN(Cc4nc(-c5ccc(Cl)cc5)no4)C3)cc2)CC1. The highest BCUT2D eigenvalue weighted by Crippen LogP contribution is 2.26. The van der Waals surface area contributed by atoms with Crippen molar-refractivity contribution < 1.29 is 9.32 Å². The monoisotopic (exact) mass is 521 g/mol. The molecule has 0 radical (unpaired) electrons. The minimum absolute atomic E-state index is 0.0313. The van der Waals surface area contributed by atoms with Crippen LogP contribution in [0.2, 0.25) is 5.02 Å². The first-order valence-electron chi connectivity index (χ1n) is 13.4. The molecule has 1 N–H and O–H groups in total. The first-order chi connectivity index (χ1) is 17.9. The Balaban J connectivity index is 1.13. The van der Waals surface area contributed by atoms with Gasteiger partial charge in [-0.2, -0.15) is 4.98 Å². The number of hydrogen-bond donors (Lipinski definition) is 1. The lowest BCUT2D eigenvalue weighted by molar-refractivity contribution is -0.127. The first kappa shape index (κ1) is 25.7. The van der Waals surface area contributed by atoms with E-state index in [-0.39, 0.29) is 17.9 Å². The molecule has 1 aromatic heterocycles. The van der Waals surface area contributed by atoms with Gasteiger partial charge in [0, 0.05) is 35.9 Å². The van der Waals surface area contributed by atoms with Crippen LogP contribution in [0.4, 0.5) is 5.69 Å². The van der Waals surface area contributed by atoms with Crippen molar-refractivity contribution in [2.45, 2.75) is 52.1 Å². The Morgan fingerprint density at radius 2 is 1.81 bits per heavy atom. The lowest BCUT2D eigenvalue weighted by Gasteiger charge is -2.32. The van der Waals surface area contributed by atoms with Gasteiger partial charge in [0.25, 0.3) is 0 Å². The summed E-state index contributed by atoms with van der Waals surface area (Å²) in [4.78, 5) is 22.4. The lowest BCUT2D eigenvalue weighted by atomic mass is 9.96. The van der Waals surface area contributed by atoms with Crippen LogP contribution in [-0.2, 0) is 11.3 Å². The van der Waals surface area contributed by atoms with Crippen molar-refractivity contribution in [1.29, 1.82) is 0 Å². The number of piperidine rings is 2. The number of aromatic nitrogens is 2. The van der Waals surface area contributed by atoms with Crippen LogP contribution < -0.4 is 10.2 Å². The zero-order chi connectivity index (χ0) is 25.8. The van der Waals surface area contributed by atoms with Crippen LogP contribution in [0.5, 0.6) is 0 Å². The molecule has 2 unspecified atom stereocenters. The van der Waals surface area contributed by atoms with Crippen molar-refractivity contribution in [2.24, 2.45) is 11.8 Å². The summed E-state index contributed by atoms with van der Waals surface area (Å²) in [7, 11) is 0. The molecule has 8 heteroatoms. The van der Waals surface area contributed by atoms with Crippen molar-refractivity contribution in [1.82, 2.24) is 20.4 Å². The fourth-order valence-corrected chi connectivity index (χ4v) is 5.42. The van der Waals surface area contributed by atoms with E-state index in [1.807, 2.05) is 24.3 Å². The van der Waals surface area contributed by atoms with Gasteiger partial charge in [0.1, 0.15) is 0 Å². The molecule has 2 aliphatic rings. The van der Waals surface area contributed by atoms with Gasteiger partial charge < -0.3 is 14.7 Å². The number of likely N-dealkylation sites (tertiary alicyclic amines) is 1. The van der Waals surface area contributed by atoms with Crippen molar-refractivity contribution in [3.8, 4) is 11.4 Å². The second-order valence-electron chi connectivity index (χ2n) is 10.6. The largest absolute Gasteiger partial charge is 0.372 e. The third kappa shape index (κ3) is 6.51. The van der Waals surface area contributed by atoms with E-state index in [0.717, 1.165) is 49.5 Å². The molecule has 7 nitrogen and oxygen atoms in total. The topological polar surface area (TPSA) is 74.5 Å². The van der Waals surface area contributed by atoms with E-state index >= 15 is 0 Å². The zero-order valence-electron chi connectivity index (χ0n) is 21.7. The zero-order valence-corrected chi connectivity index (χ0v) is 22.5. The van der Waals surface area contributed by atoms with Gasteiger partial charge in [-0.25, -0.2) is 0 Å². The van der Waals surface area contributed by atoms with E-state index in [2.05, 4.69) is 63.4 Å². The van der Waals surface area contributed by atoms with Gasteiger partial charge in [-0.15, -0.1) is 0 Å². The number of rotatable bonds is 7. The van der Waals surface area contributed by atoms with E-state index in [0.29, 0.717) is 29.8 Å². The summed E-state index contributed by atoms with van der Waals surface area (Å²) in [5, 5.41) is 8.02. The number of amides is 1. The molecular weight excluding hydrogens is 486 g/mol. The van der Waals surface area contributed by atoms with Crippen molar-refractivity contribution >= 4 is 23.2 Å². The summed E-state index contributed by atoms with van der Waals surface area (Å²) in [6.07, 6.45) is 4.36. The fourth-order valence-electron chi connectivity index (χ4n) is 5.29. The number of nitrogens with one attached hydrogen (secondary N) is 1. The average molecular weight is 522 g/mol. The van der Waals surface area contributed by atoms with E-state index in [1.54, 1.807) is 0 Å². The van der Waals surface area contributed by atoms with E-state index in [1.165, 1.54) is 18.5 Å². The third-order valence-electron chi connectivity index (χ3n) is 7.71. The molecule has 0 bridgehead atoms. The third-order valence-corrected chi connectivity index (χ3v) is 7.96. The summed E-state index contributed by atoms with van der Waals surface area (Å²) in [5.41, 5.74) is 3.27. The standard InChI is InChI=1S/C29H36ClN5O2/c1-20-13-16-35(17-14-20)26-11-7-22(8-12-26)21(2)31-29(36)24-4-3-15-34(18-24)19-27-32-28(33-37-27)23-5-9-25(30)10-6-23/h5-12,20-21,24H,3-4,13-19H2,1-2H3,(H,31,36). The summed E-state index contributed by atoms with van der Waals surface area (Å²) in [6.45, 7) is 8.77. The molecule has 2 aromatic carbocycles. The van der Waals surface area contributed by atoms with Gasteiger partial charge in [0.05, 0.1) is 18.5 Å². The summed E-state index contributed by atoms with van der Waals surface area (Å²) < 4.78 is 5.49. The summed E-state index contributed by atoms with van der Waals surface area (Å²) in [6, 6.07) is 16.0. The first-order valence-corrected chi connectivity index (χ1v) is 13.8.